The summed E-state index contributed by atoms with van der Waals surface area (Å²) in [5.41, 5.74) is 1.94. The SMILES string of the molecule is CC1(C)N=C(c2ccccc2)[N+]([O-])=C1c1ccccc1. The first kappa shape index (κ1) is 12.6. The maximum absolute atomic E-state index is 12.7. The Hall–Kier alpha value is -2.42. The second kappa shape index (κ2) is 4.60. The molecule has 100 valence electrons. The number of nitrogens with zero attached hydrogens (tertiary/aromatic N) is 2. The summed E-state index contributed by atoms with van der Waals surface area (Å²) in [5.74, 6) is 0.481. The van der Waals surface area contributed by atoms with Crippen LogP contribution in [-0.2, 0) is 0 Å². The highest BCUT2D eigenvalue weighted by atomic mass is 16.5. The number of amidine groups is 1. The summed E-state index contributed by atoms with van der Waals surface area (Å²) in [6.07, 6.45) is 0. The topological polar surface area (TPSA) is 38.4 Å². The van der Waals surface area contributed by atoms with E-state index in [1.165, 1.54) is 0 Å². The molecule has 1 aliphatic rings. The van der Waals surface area contributed by atoms with Gasteiger partial charge in [-0.05, 0) is 26.0 Å². The van der Waals surface area contributed by atoms with Crippen LogP contribution in [0.3, 0.4) is 0 Å². The molecule has 0 radical (unpaired) electrons. The normalized spacial score (nSPS) is 17.2. The number of hydrogen-bond donors (Lipinski definition) is 0. The molecule has 0 saturated carbocycles. The van der Waals surface area contributed by atoms with Crippen molar-refractivity contribution >= 4 is 11.5 Å². The van der Waals surface area contributed by atoms with Gasteiger partial charge in [0.2, 0.25) is 5.54 Å². The lowest BCUT2D eigenvalue weighted by atomic mass is 9.93. The third kappa shape index (κ3) is 2.01. The fourth-order valence-electron chi connectivity index (χ4n) is 2.55. The van der Waals surface area contributed by atoms with Crippen molar-refractivity contribution in [1.29, 1.82) is 0 Å². The molecule has 1 heterocycles. The molecule has 3 rings (SSSR count). The number of hydrogen-bond acceptors (Lipinski definition) is 2. The van der Waals surface area contributed by atoms with E-state index in [0.717, 1.165) is 15.9 Å². The van der Waals surface area contributed by atoms with Crippen LogP contribution < -0.4 is 0 Å². The second-order valence-electron chi connectivity index (χ2n) is 5.37. The first-order valence-corrected chi connectivity index (χ1v) is 6.65. The van der Waals surface area contributed by atoms with Gasteiger partial charge in [0.05, 0.1) is 5.56 Å². The maximum Gasteiger partial charge on any atom is 0.329 e. The molecule has 0 aromatic heterocycles. The summed E-state index contributed by atoms with van der Waals surface area (Å²) in [5, 5.41) is 12.7. The Morgan fingerprint density at radius 1 is 0.850 bits per heavy atom. The first-order valence-electron chi connectivity index (χ1n) is 6.65. The zero-order valence-corrected chi connectivity index (χ0v) is 11.6. The van der Waals surface area contributed by atoms with Crippen molar-refractivity contribution in [2.45, 2.75) is 19.4 Å². The Kier molecular flexibility index (Phi) is 2.90. The molecular weight excluding hydrogens is 248 g/mol. The van der Waals surface area contributed by atoms with Gasteiger partial charge >= 0.3 is 5.84 Å². The molecule has 0 unspecified atom stereocenters. The van der Waals surface area contributed by atoms with Crippen molar-refractivity contribution in [3.8, 4) is 0 Å². The molecule has 0 atom stereocenters. The molecule has 3 heteroatoms. The van der Waals surface area contributed by atoms with Crippen LogP contribution in [0.2, 0.25) is 0 Å². The predicted octanol–water partition coefficient (Wildman–Crippen LogP) is 3.23. The number of hydroxylamine groups is 1. The number of benzene rings is 2. The Morgan fingerprint density at radius 2 is 1.35 bits per heavy atom. The number of aliphatic imine (C=N–C) groups is 1. The highest BCUT2D eigenvalue weighted by molar-refractivity contribution is 6.12. The minimum absolute atomic E-state index is 0.481. The highest BCUT2D eigenvalue weighted by Crippen LogP contribution is 2.25. The monoisotopic (exact) mass is 264 g/mol. The summed E-state index contributed by atoms with van der Waals surface area (Å²) in [4.78, 5) is 4.62. The van der Waals surface area contributed by atoms with Crippen LogP contribution in [0.25, 0.3) is 0 Å². The van der Waals surface area contributed by atoms with E-state index in [1.807, 2.05) is 74.5 Å². The molecule has 2 aromatic rings. The van der Waals surface area contributed by atoms with Crippen LogP contribution in [0.1, 0.15) is 25.0 Å². The van der Waals surface area contributed by atoms with E-state index in [1.54, 1.807) is 0 Å². The molecule has 0 fully saturated rings. The van der Waals surface area contributed by atoms with Gasteiger partial charge in [0.25, 0.3) is 0 Å². The van der Waals surface area contributed by atoms with Gasteiger partial charge in [-0.15, -0.1) is 0 Å². The zero-order chi connectivity index (χ0) is 14.2. The molecule has 0 amide bonds. The van der Waals surface area contributed by atoms with Crippen molar-refractivity contribution in [1.82, 2.24) is 0 Å². The average molecular weight is 264 g/mol. The molecule has 3 nitrogen and oxygen atoms in total. The van der Waals surface area contributed by atoms with E-state index in [2.05, 4.69) is 4.99 Å². The molecule has 2 aromatic carbocycles. The van der Waals surface area contributed by atoms with Gasteiger partial charge < -0.3 is 5.21 Å². The molecule has 1 aliphatic heterocycles. The van der Waals surface area contributed by atoms with Crippen LogP contribution >= 0.6 is 0 Å². The molecule has 0 saturated heterocycles. The van der Waals surface area contributed by atoms with Crippen molar-refractivity contribution in [3.05, 3.63) is 77.0 Å². The van der Waals surface area contributed by atoms with Crippen molar-refractivity contribution in [2.75, 3.05) is 0 Å². The molecule has 0 spiro atoms. The smallest absolute Gasteiger partial charge is 0.329 e. The van der Waals surface area contributed by atoms with E-state index in [0.29, 0.717) is 11.5 Å². The van der Waals surface area contributed by atoms with Crippen LogP contribution in [0.4, 0.5) is 0 Å². The van der Waals surface area contributed by atoms with Gasteiger partial charge in [0.1, 0.15) is 0 Å². The molecular formula is C17H16N2O. The third-order valence-corrected chi connectivity index (χ3v) is 3.44. The Balaban J connectivity index is 2.14. The van der Waals surface area contributed by atoms with Gasteiger partial charge in [-0.1, -0.05) is 53.5 Å². The summed E-state index contributed by atoms with van der Waals surface area (Å²) < 4.78 is 0.963. The standard InChI is InChI=1S/C17H16N2O/c1-17(2)15(13-9-5-3-6-10-13)19(20)16(18-17)14-11-7-4-8-12-14/h3-12H,1-2H3. The van der Waals surface area contributed by atoms with Gasteiger partial charge in [-0.25, -0.2) is 4.74 Å². The zero-order valence-electron chi connectivity index (χ0n) is 11.6. The van der Waals surface area contributed by atoms with Crippen LogP contribution in [0.5, 0.6) is 0 Å². The quantitative estimate of drug-likeness (QED) is 0.606. The Bertz CT molecular complexity index is 685. The molecule has 20 heavy (non-hydrogen) atoms. The lowest BCUT2D eigenvalue weighted by Gasteiger charge is -2.14. The summed E-state index contributed by atoms with van der Waals surface area (Å²) >= 11 is 0. The van der Waals surface area contributed by atoms with Crippen molar-refractivity contribution < 1.29 is 4.74 Å². The summed E-state index contributed by atoms with van der Waals surface area (Å²) in [6.45, 7) is 3.94. The molecule has 0 aliphatic carbocycles. The maximum atomic E-state index is 12.7. The lowest BCUT2D eigenvalue weighted by molar-refractivity contribution is -0.320. The van der Waals surface area contributed by atoms with Crippen LogP contribution in [0, 0.1) is 5.21 Å². The predicted molar refractivity (Wildman–Crippen MR) is 81.2 cm³/mol. The van der Waals surface area contributed by atoms with E-state index >= 15 is 0 Å². The van der Waals surface area contributed by atoms with Gasteiger partial charge in [0.15, 0.2) is 5.71 Å². The minimum Gasteiger partial charge on any atom is -0.710 e. The first-order chi connectivity index (χ1) is 9.59. The summed E-state index contributed by atoms with van der Waals surface area (Å²) in [7, 11) is 0. The fraction of sp³-hybridized carbons (Fsp3) is 0.176. The highest BCUT2D eigenvalue weighted by Gasteiger charge is 2.42. The van der Waals surface area contributed by atoms with Crippen molar-refractivity contribution in [2.24, 2.45) is 4.99 Å². The Labute approximate surface area is 118 Å². The van der Waals surface area contributed by atoms with Crippen molar-refractivity contribution in [3.63, 3.8) is 0 Å². The van der Waals surface area contributed by atoms with E-state index < -0.39 is 5.54 Å². The fourth-order valence-corrected chi connectivity index (χ4v) is 2.55. The molecule has 0 bridgehead atoms. The summed E-state index contributed by atoms with van der Waals surface area (Å²) in [6, 6.07) is 19.3. The van der Waals surface area contributed by atoms with Gasteiger partial charge in [0, 0.05) is 5.56 Å². The van der Waals surface area contributed by atoms with Crippen LogP contribution in [-0.4, -0.2) is 21.8 Å². The number of rotatable bonds is 2. The van der Waals surface area contributed by atoms with E-state index in [-0.39, 0.29) is 0 Å². The largest absolute Gasteiger partial charge is 0.710 e. The minimum atomic E-state index is -0.520. The Morgan fingerprint density at radius 3 is 1.90 bits per heavy atom. The van der Waals surface area contributed by atoms with Gasteiger partial charge in [-0.2, -0.15) is 0 Å². The molecule has 0 N–H and O–H groups in total. The average Bonchev–Trinajstić information content (AvgIpc) is 2.71. The second-order valence-corrected chi connectivity index (χ2v) is 5.37. The lowest BCUT2D eigenvalue weighted by Crippen LogP contribution is -2.31. The van der Waals surface area contributed by atoms with Crippen LogP contribution in [0.15, 0.2) is 65.7 Å². The van der Waals surface area contributed by atoms with E-state index in [4.69, 9.17) is 0 Å². The third-order valence-electron chi connectivity index (χ3n) is 3.44. The van der Waals surface area contributed by atoms with Gasteiger partial charge in [-0.3, -0.25) is 0 Å². The van der Waals surface area contributed by atoms with E-state index in [9.17, 15) is 5.21 Å².